The van der Waals surface area contributed by atoms with Gasteiger partial charge in [0.1, 0.15) is 12.6 Å². The van der Waals surface area contributed by atoms with Gasteiger partial charge in [0.25, 0.3) is 5.56 Å². The summed E-state index contributed by atoms with van der Waals surface area (Å²) in [5.41, 5.74) is 1.06. The van der Waals surface area contributed by atoms with E-state index in [4.69, 9.17) is 4.74 Å². The molecule has 0 aliphatic carbocycles. The summed E-state index contributed by atoms with van der Waals surface area (Å²) in [6.07, 6.45) is 5.22. The maximum atomic E-state index is 12.6. The second kappa shape index (κ2) is 7.73. The van der Waals surface area contributed by atoms with E-state index in [2.05, 4.69) is 15.0 Å². The third-order valence-corrected chi connectivity index (χ3v) is 4.66. The molecular weight excluding hydrogens is 348 g/mol. The number of carbonyl (C=O) groups is 1. The Balaban J connectivity index is 1.61. The second-order valence-corrected chi connectivity index (χ2v) is 6.87. The van der Waals surface area contributed by atoms with Crippen molar-refractivity contribution in [1.82, 2.24) is 24.4 Å². The van der Waals surface area contributed by atoms with Crippen LogP contribution in [0, 0.1) is 13.8 Å². The maximum Gasteiger partial charge on any atom is 0.256 e. The molecule has 9 heteroatoms. The van der Waals surface area contributed by atoms with Crippen molar-refractivity contribution >= 4 is 11.7 Å². The van der Waals surface area contributed by atoms with Gasteiger partial charge in [-0.15, -0.1) is 0 Å². The fraction of sp³-hybridized carbons (Fsp3) is 0.500. The lowest BCUT2D eigenvalue weighted by Crippen LogP contribution is -2.37. The van der Waals surface area contributed by atoms with Crippen LogP contribution in [0.15, 0.2) is 23.5 Å². The van der Waals surface area contributed by atoms with Crippen LogP contribution in [0.3, 0.4) is 0 Å². The predicted molar refractivity (Wildman–Crippen MR) is 99.9 cm³/mol. The first-order valence-electron chi connectivity index (χ1n) is 8.81. The fourth-order valence-corrected chi connectivity index (χ4v) is 2.87. The molecule has 0 unspecified atom stereocenters. The number of likely N-dealkylation sites (tertiary alicyclic amines) is 1. The van der Waals surface area contributed by atoms with Crippen molar-refractivity contribution in [3.05, 3.63) is 40.3 Å². The third-order valence-electron chi connectivity index (χ3n) is 4.66. The normalized spacial score (nSPS) is 16.4. The fourth-order valence-electron chi connectivity index (χ4n) is 2.87. The molecule has 1 atom stereocenters. The summed E-state index contributed by atoms with van der Waals surface area (Å²) in [7, 11) is 3.76. The van der Waals surface area contributed by atoms with E-state index in [0.29, 0.717) is 42.5 Å². The Bertz CT molecular complexity index is 895. The first-order chi connectivity index (χ1) is 12.8. The van der Waals surface area contributed by atoms with Gasteiger partial charge in [-0.25, -0.2) is 4.98 Å². The van der Waals surface area contributed by atoms with Crippen molar-refractivity contribution in [2.75, 3.05) is 32.1 Å². The summed E-state index contributed by atoms with van der Waals surface area (Å²) in [6.45, 7) is 4.51. The average molecular weight is 372 g/mol. The van der Waals surface area contributed by atoms with E-state index in [9.17, 15) is 9.59 Å². The third kappa shape index (κ3) is 4.24. The van der Waals surface area contributed by atoms with Gasteiger partial charge in [0.2, 0.25) is 11.8 Å². The number of aryl methyl sites for hydroxylation is 1. The van der Waals surface area contributed by atoms with Crippen LogP contribution in [-0.2, 0) is 11.3 Å². The molecule has 0 bridgehead atoms. The molecule has 0 aromatic carbocycles. The van der Waals surface area contributed by atoms with Gasteiger partial charge < -0.3 is 14.5 Å². The summed E-state index contributed by atoms with van der Waals surface area (Å²) >= 11 is 0. The monoisotopic (exact) mass is 372 g/mol. The van der Waals surface area contributed by atoms with Gasteiger partial charge in [0, 0.05) is 38.3 Å². The molecule has 1 saturated heterocycles. The molecule has 2 aromatic rings. The maximum absolute atomic E-state index is 12.6. The number of amides is 1. The number of rotatable bonds is 5. The smallest absolute Gasteiger partial charge is 0.256 e. The van der Waals surface area contributed by atoms with Gasteiger partial charge in [0.05, 0.1) is 25.3 Å². The molecule has 0 N–H and O–H groups in total. The van der Waals surface area contributed by atoms with E-state index in [0.717, 1.165) is 0 Å². The van der Waals surface area contributed by atoms with Crippen LogP contribution in [0.4, 0.5) is 5.82 Å². The van der Waals surface area contributed by atoms with Crippen molar-refractivity contribution < 1.29 is 9.53 Å². The van der Waals surface area contributed by atoms with E-state index in [1.165, 1.54) is 10.9 Å². The molecule has 1 amide bonds. The van der Waals surface area contributed by atoms with Crippen LogP contribution >= 0.6 is 0 Å². The number of nitrogens with zero attached hydrogens (tertiary/aromatic N) is 6. The number of anilines is 1. The highest BCUT2D eigenvalue weighted by molar-refractivity contribution is 5.76. The van der Waals surface area contributed by atoms with Gasteiger partial charge in [-0.1, -0.05) is 0 Å². The topological polar surface area (TPSA) is 93.4 Å². The number of ether oxygens (including phenoxy) is 1. The molecule has 9 nitrogen and oxygen atoms in total. The molecule has 0 saturated carbocycles. The molecular formula is C18H24N6O3. The van der Waals surface area contributed by atoms with Crippen molar-refractivity contribution in [1.29, 1.82) is 0 Å². The predicted octanol–water partition coefficient (Wildman–Crippen LogP) is 0.396. The molecule has 2 aromatic heterocycles. The highest BCUT2D eigenvalue weighted by atomic mass is 16.5. The Morgan fingerprint density at radius 2 is 2.11 bits per heavy atom. The molecule has 1 aliphatic heterocycles. The minimum atomic E-state index is -0.182. The number of hydrogen-bond acceptors (Lipinski definition) is 7. The SMILES string of the molecule is Cc1ncn(CC(=O)N2CC[C@@H](Oc3cncc(N(C)C)n3)C2)c(=O)c1C. The van der Waals surface area contributed by atoms with E-state index in [-0.39, 0.29) is 24.1 Å². The molecule has 144 valence electrons. The Labute approximate surface area is 157 Å². The highest BCUT2D eigenvalue weighted by Gasteiger charge is 2.28. The Morgan fingerprint density at radius 3 is 2.85 bits per heavy atom. The molecule has 3 rings (SSSR count). The number of hydrogen-bond donors (Lipinski definition) is 0. The Morgan fingerprint density at radius 1 is 1.33 bits per heavy atom. The van der Waals surface area contributed by atoms with Crippen molar-refractivity contribution in [3.8, 4) is 5.88 Å². The Hall–Kier alpha value is -2.97. The standard InChI is InChI=1S/C18H24N6O3/c1-12-13(2)20-11-24(18(12)26)10-17(25)23-6-5-14(9-23)27-16-8-19-7-15(21-16)22(3)4/h7-8,11,14H,5-6,9-10H2,1-4H3/t14-/m1/s1. The van der Waals surface area contributed by atoms with Crippen LogP contribution in [0.2, 0.25) is 0 Å². The number of carbonyl (C=O) groups excluding carboxylic acids is 1. The lowest BCUT2D eigenvalue weighted by molar-refractivity contribution is -0.131. The molecule has 0 radical (unpaired) electrons. The second-order valence-electron chi connectivity index (χ2n) is 6.87. The summed E-state index contributed by atoms with van der Waals surface area (Å²) < 4.78 is 7.23. The zero-order chi connectivity index (χ0) is 19.6. The molecule has 1 aliphatic rings. The van der Waals surface area contributed by atoms with Gasteiger partial charge in [-0.2, -0.15) is 4.98 Å². The molecule has 3 heterocycles. The van der Waals surface area contributed by atoms with Gasteiger partial charge in [-0.3, -0.25) is 19.1 Å². The first kappa shape index (κ1) is 18.8. The van der Waals surface area contributed by atoms with E-state index in [1.54, 1.807) is 31.1 Å². The van der Waals surface area contributed by atoms with Crippen LogP contribution in [0.1, 0.15) is 17.7 Å². The van der Waals surface area contributed by atoms with Crippen molar-refractivity contribution in [3.63, 3.8) is 0 Å². The van der Waals surface area contributed by atoms with Crippen molar-refractivity contribution in [2.45, 2.75) is 32.9 Å². The van der Waals surface area contributed by atoms with Crippen LogP contribution in [0.25, 0.3) is 0 Å². The van der Waals surface area contributed by atoms with Crippen molar-refractivity contribution in [2.24, 2.45) is 0 Å². The summed E-state index contributed by atoms with van der Waals surface area (Å²) in [5.74, 6) is 1.02. The van der Waals surface area contributed by atoms with Crippen LogP contribution in [-0.4, -0.2) is 63.6 Å². The number of aromatic nitrogens is 4. The van der Waals surface area contributed by atoms with E-state index < -0.39 is 0 Å². The average Bonchev–Trinajstić information content (AvgIpc) is 3.11. The zero-order valence-electron chi connectivity index (χ0n) is 16.0. The minimum absolute atomic E-state index is 0.0183. The van der Waals surface area contributed by atoms with E-state index >= 15 is 0 Å². The van der Waals surface area contributed by atoms with Gasteiger partial charge in [-0.05, 0) is 13.8 Å². The molecule has 27 heavy (non-hydrogen) atoms. The quantitative estimate of drug-likeness (QED) is 0.750. The van der Waals surface area contributed by atoms with Gasteiger partial charge in [0.15, 0.2) is 5.82 Å². The minimum Gasteiger partial charge on any atom is -0.471 e. The summed E-state index contributed by atoms with van der Waals surface area (Å²) in [6, 6.07) is 0. The van der Waals surface area contributed by atoms with E-state index in [1.807, 2.05) is 19.0 Å². The molecule has 0 spiro atoms. The zero-order valence-corrected chi connectivity index (χ0v) is 16.0. The largest absolute Gasteiger partial charge is 0.471 e. The lowest BCUT2D eigenvalue weighted by Gasteiger charge is -2.18. The Kier molecular flexibility index (Phi) is 5.38. The van der Waals surface area contributed by atoms with Crippen LogP contribution in [0.5, 0.6) is 5.88 Å². The highest BCUT2D eigenvalue weighted by Crippen LogP contribution is 2.18. The van der Waals surface area contributed by atoms with Crippen LogP contribution < -0.4 is 15.2 Å². The summed E-state index contributed by atoms with van der Waals surface area (Å²) in [4.78, 5) is 41.0. The first-order valence-corrected chi connectivity index (χ1v) is 8.81. The molecule has 1 fully saturated rings. The summed E-state index contributed by atoms with van der Waals surface area (Å²) in [5, 5.41) is 0. The lowest BCUT2D eigenvalue weighted by atomic mass is 10.3. The van der Waals surface area contributed by atoms with Gasteiger partial charge >= 0.3 is 0 Å².